The van der Waals surface area contributed by atoms with Crippen LogP contribution in [-0.2, 0) is 4.79 Å². The molecule has 0 aromatic heterocycles. The number of nitrogens with zero attached hydrogens (tertiary/aromatic N) is 1. The summed E-state index contributed by atoms with van der Waals surface area (Å²) < 4.78 is 0.279. The lowest BCUT2D eigenvalue weighted by molar-refractivity contribution is -0.134. The van der Waals surface area contributed by atoms with E-state index in [-0.39, 0.29) is 27.2 Å². The number of fused-ring (bicyclic) bond motifs is 2. The molecular formula is C18H27Cl2NO. The van der Waals surface area contributed by atoms with Crippen LogP contribution in [-0.4, -0.2) is 23.4 Å². The highest BCUT2D eigenvalue weighted by Crippen LogP contribution is 2.62. The van der Waals surface area contributed by atoms with Gasteiger partial charge in [0.1, 0.15) is 4.49 Å². The van der Waals surface area contributed by atoms with Gasteiger partial charge >= 0.3 is 0 Å². The molecule has 2 saturated carbocycles. The molecule has 2 bridgehead atoms. The molecule has 4 heteroatoms. The van der Waals surface area contributed by atoms with Crippen LogP contribution in [0.5, 0.6) is 0 Å². The number of carbonyl (C=O) groups is 1. The van der Waals surface area contributed by atoms with Crippen LogP contribution in [0.4, 0.5) is 0 Å². The Morgan fingerprint density at radius 2 is 1.77 bits per heavy atom. The largest absolute Gasteiger partial charge is 0.339 e. The second-order valence-electron chi connectivity index (χ2n) is 9.46. The summed E-state index contributed by atoms with van der Waals surface area (Å²) in [6.45, 7) is 12.2. The van der Waals surface area contributed by atoms with Crippen molar-refractivity contribution in [3.63, 3.8) is 0 Å². The minimum absolute atomic E-state index is 0.0285. The fraction of sp³-hybridized carbons (Fsp3) is 0.833. The Morgan fingerprint density at radius 3 is 2.36 bits per heavy atom. The van der Waals surface area contributed by atoms with E-state index in [0.29, 0.717) is 17.4 Å². The predicted molar refractivity (Wildman–Crippen MR) is 91.8 cm³/mol. The summed E-state index contributed by atoms with van der Waals surface area (Å²) in [7, 11) is 0. The fourth-order valence-electron chi connectivity index (χ4n) is 5.49. The first kappa shape index (κ1) is 16.6. The molecule has 3 rings (SSSR count). The molecule has 2 nitrogen and oxygen atoms in total. The van der Waals surface area contributed by atoms with Gasteiger partial charge in [-0.2, -0.15) is 0 Å². The van der Waals surface area contributed by atoms with Crippen molar-refractivity contribution >= 4 is 29.1 Å². The first-order valence-electron chi connectivity index (χ1n) is 8.29. The number of halogens is 2. The summed E-state index contributed by atoms with van der Waals surface area (Å²) in [5.41, 5.74) is 0.598. The number of carbonyl (C=O) groups excluding carboxylic acids is 1. The monoisotopic (exact) mass is 343 g/mol. The van der Waals surface area contributed by atoms with Gasteiger partial charge in [-0.1, -0.05) is 57.8 Å². The van der Waals surface area contributed by atoms with E-state index >= 15 is 0 Å². The molecule has 3 aliphatic rings. The highest BCUT2D eigenvalue weighted by atomic mass is 35.5. The second kappa shape index (κ2) is 4.89. The van der Waals surface area contributed by atoms with Gasteiger partial charge in [0, 0.05) is 12.6 Å². The Kier molecular flexibility index (Phi) is 3.70. The summed E-state index contributed by atoms with van der Waals surface area (Å²) >= 11 is 11.6. The third-order valence-corrected chi connectivity index (χ3v) is 6.43. The van der Waals surface area contributed by atoms with Gasteiger partial charge in [0.2, 0.25) is 5.91 Å². The van der Waals surface area contributed by atoms with E-state index in [0.717, 1.165) is 19.4 Å². The van der Waals surface area contributed by atoms with Gasteiger partial charge in [0.05, 0.1) is 5.92 Å². The Hall–Kier alpha value is -0.210. The van der Waals surface area contributed by atoms with Crippen LogP contribution < -0.4 is 0 Å². The number of amides is 1. The molecule has 0 radical (unpaired) electrons. The van der Waals surface area contributed by atoms with Gasteiger partial charge in [-0.25, -0.2) is 0 Å². The molecule has 1 saturated heterocycles. The van der Waals surface area contributed by atoms with E-state index in [4.69, 9.17) is 23.2 Å². The van der Waals surface area contributed by atoms with Crippen molar-refractivity contribution in [2.75, 3.05) is 6.54 Å². The Bertz CT molecular complexity index is 535. The quantitative estimate of drug-likeness (QED) is 0.690. The maximum atomic E-state index is 13.1. The number of rotatable bonds is 2. The number of likely N-dealkylation sites (tertiary alicyclic amines) is 1. The molecule has 0 aromatic carbocycles. The van der Waals surface area contributed by atoms with Gasteiger partial charge in [0.25, 0.3) is 0 Å². The SMILES string of the molecule is CC1(C)C[C@H]2C[C@@](C)(CN2C(=O)[C@@H]2[C@H](C=C(Cl)Cl)C2(C)C)C1. The summed E-state index contributed by atoms with van der Waals surface area (Å²) in [6.07, 6.45) is 5.34. The highest BCUT2D eigenvalue weighted by Gasteiger charge is 2.63. The van der Waals surface area contributed by atoms with Crippen LogP contribution in [0, 0.1) is 28.1 Å². The minimum Gasteiger partial charge on any atom is -0.339 e. The van der Waals surface area contributed by atoms with Crippen LogP contribution in [0.2, 0.25) is 0 Å². The molecule has 0 unspecified atom stereocenters. The molecule has 2 aliphatic carbocycles. The van der Waals surface area contributed by atoms with Crippen molar-refractivity contribution in [2.24, 2.45) is 28.1 Å². The van der Waals surface area contributed by atoms with Crippen molar-refractivity contribution in [1.29, 1.82) is 0 Å². The smallest absolute Gasteiger partial charge is 0.227 e. The van der Waals surface area contributed by atoms with Crippen LogP contribution >= 0.6 is 23.2 Å². The second-order valence-corrected chi connectivity index (χ2v) is 10.5. The van der Waals surface area contributed by atoms with Crippen molar-refractivity contribution in [3.05, 3.63) is 10.6 Å². The Morgan fingerprint density at radius 1 is 1.14 bits per heavy atom. The third-order valence-electron chi connectivity index (χ3n) is 6.18. The van der Waals surface area contributed by atoms with E-state index < -0.39 is 0 Å². The first-order valence-corrected chi connectivity index (χ1v) is 9.04. The normalized spacial score (nSPS) is 41.2. The average Bonchev–Trinajstić information content (AvgIpc) is 2.70. The van der Waals surface area contributed by atoms with Gasteiger partial charge in [-0.3, -0.25) is 4.79 Å². The van der Waals surface area contributed by atoms with Gasteiger partial charge < -0.3 is 4.90 Å². The average molecular weight is 344 g/mol. The van der Waals surface area contributed by atoms with Crippen LogP contribution in [0.1, 0.15) is 53.9 Å². The van der Waals surface area contributed by atoms with Crippen LogP contribution in [0.15, 0.2) is 10.6 Å². The molecule has 124 valence electrons. The molecule has 1 amide bonds. The summed E-state index contributed by atoms with van der Waals surface area (Å²) in [5, 5.41) is 0. The zero-order valence-electron chi connectivity index (χ0n) is 14.2. The summed E-state index contributed by atoms with van der Waals surface area (Å²) in [6, 6.07) is 0.411. The third kappa shape index (κ3) is 2.71. The van der Waals surface area contributed by atoms with Crippen molar-refractivity contribution in [1.82, 2.24) is 4.90 Å². The van der Waals surface area contributed by atoms with E-state index in [1.54, 1.807) is 0 Å². The lowest BCUT2D eigenvalue weighted by Crippen LogP contribution is -2.39. The molecular weight excluding hydrogens is 317 g/mol. The predicted octanol–water partition coefficient (Wildman–Crippen LogP) is 5.00. The van der Waals surface area contributed by atoms with Gasteiger partial charge in [0.15, 0.2) is 0 Å². The zero-order chi connectivity index (χ0) is 16.5. The first-order chi connectivity index (χ1) is 9.95. The van der Waals surface area contributed by atoms with Crippen molar-refractivity contribution < 1.29 is 4.79 Å². The maximum Gasteiger partial charge on any atom is 0.227 e. The van der Waals surface area contributed by atoms with E-state index in [1.807, 2.05) is 6.08 Å². The van der Waals surface area contributed by atoms with Gasteiger partial charge in [-0.15, -0.1) is 0 Å². The lowest BCUT2D eigenvalue weighted by atomic mass is 9.65. The van der Waals surface area contributed by atoms with Crippen molar-refractivity contribution in [2.45, 2.75) is 59.9 Å². The molecule has 0 spiro atoms. The van der Waals surface area contributed by atoms with Crippen molar-refractivity contribution in [3.8, 4) is 0 Å². The van der Waals surface area contributed by atoms with E-state index in [2.05, 4.69) is 39.5 Å². The number of allylic oxidation sites excluding steroid dienone is 1. The summed E-state index contributed by atoms with van der Waals surface area (Å²) in [5.74, 6) is 0.518. The number of hydrogen-bond donors (Lipinski definition) is 0. The van der Waals surface area contributed by atoms with Crippen LogP contribution in [0.25, 0.3) is 0 Å². The highest BCUT2D eigenvalue weighted by molar-refractivity contribution is 6.55. The standard InChI is InChI=1S/C18H27Cl2NO/c1-16(2)7-11-8-18(5,9-16)10-21(11)15(22)14-12(6-13(19)20)17(14,3)4/h6,11-12,14H,7-10H2,1-5H3/t11-,12-,14-,18+/m0/s1. The van der Waals surface area contributed by atoms with Crippen LogP contribution in [0.3, 0.4) is 0 Å². The molecule has 0 N–H and O–H groups in total. The molecule has 22 heavy (non-hydrogen) atoms. The summed E-state index contributed by atoms with van der Waals surface area (Å²) in [4.78, 5) is 15.3. The fourth-order valence-corrected chi connectivity index (χ4v) is 5.76. The topological polar surface area (TPSA) is 20.3 Å². The zero-order valence-corrected chi connectivity index (χ0v) is 15.8. The molecule has 0 aromatic rings. The molecule has 3 fully saturated rings. The molecule has 1 heterocycles. The van der Waals surface area contributed by atoms with Gasteiger partial charge in [-0.05, 0) is 47.5 Å². The van der Waals surface area contributed by atoms with E-state index in [1.165, 1.54) is 6.42 Å². The molecule has 4 atom stereocenters. The minimum atomic E-state index is -0.0285. The number of hydrogen-bond acceptors (Lipinski definition) is 1. The van der Waals surface area contributed by atoms with E-state index in [9.17, 15) is 4.79 Å². The Labute approximate surface area is 144 Å². The lowest BCUT2D eigenvalue weighted by Gasteiger charge is -2.39. The molecule has 1 aliphatic heterocycles. The Balaban J connectivity index is 1.79. The maximum absolute atomic E-state index is 13.1.